The van der Waals surface area contributed by atoms with Crippen LogP contribution in [0.3, 0.4) is 0 Å². The van der Waals surface area contributed by atoms with E-state index in [0.717, 1.165) is 35.4 Å². The molecule has 21 heavy (non-hydrogen) atoms. The van der Waals surface area contributed by atoms with E-state index < -0.39 is 0 Å². The number of benzene rings is 2. The normalized spacial score (nSPS) is 18.5. The van der Waals surface area contributed by atoms with Gasteiger partial charge in [0, 0.05) is 24.4 Å². The number of hydrogen-bond acceptors (Lipinski definition) is 3. The summed E-state index contributed by atoms with van der Waals surface area (Å²) in [5.41, 5.74) is 10.6. The van der Waals surface area contributed by atoms with Crippen LogP contribution in [0.1, 0.15) is 17.9 Å². The van der Waals surface area contributed by atoms with Crippen molar-refractivity contribution in [1.82, 2.24) is 10.2 Å². The number of nitrogens with zero attached hydrogens (tertiary/aromatic N) is 2. The van der Waals surface area contributed by atoms with Crippen LogP contribution in [0.25, 0.3) is 10.9 Å². The van der Waals surface area contributed by atoms with Gasteiger partial charge in [-0.15, -0.1) is 0 Å². The van der Waals surface area contributed by atoms with Crippen LogP contribution in [0.2, 0.25) is 0 Å². The summed E-state index contributed by atoms with van der Waals surface area (Å²) in [5.74, 6) is 0.586. The number of nitrogens with one attached hydrogen (secondary N) is 1. The van der Waals surface area contributed by atoms with Crippen molar-refractivity contribution >= 4 is 22.3 Å². The molecule has 0 bridgehead atoms. The number of hydrogen-bond donors (Lipinski definition) is 2. The van der Waals surface area contributed by atoms with Gasteiger partial charge in [-0.25, -0.2) is 0 Å². The number of nitrogen functional groups attached to an aromatic ring is 1. The minimum atomic E-state index is 0.586. The molecule has 4 heteroatoms. The smallest absolute Gasteiger partial charge is 0.0672 e. The zero-order valence-corrected chi connectivity index (χ0v) is 11.8. The predicted molar refractivity (Wildman–Crippen MR) is 86.5 cm³/mol. The topological polar surface area (TPSA) is 57.9 Å². The number of aromatic nitrogens is 2. The van der Waals surface area contributed by atoms with Crippen LogP contribution in [-0.4, -0.2) is 23.3 Å². The SMILES string of the molecule is Nc1cc2cn[nH]c2cc1N1CCC(c2ccccc2)C1. The van der Waals surface area contributed by atoms with E-state index in [4.69, 9.17) is 5.73 Å². The number of aromatic amines is 1. The van der Waals surface area contributed by atoms with E-state index in [2.05, 4.69) is 51.5 Å². The minimum Gasteiger partial charge on any atom is -0.397 e. The van der Waals surface area contributed by atoms with Crippen molar-refractivity contribution in [3.05, 3.63) is 54.2 Å². The van der Waals surface area contributed by atoms with Crippen LogP contribution in [0.5, 0.6) is 0 Å². The van der Waals surface area contributed by atoms with Gasteiger partial charge in [-0.2, -0.15) is 5.10 Å². The molecular weight excluding hydrogens is 260 g/mol. The first-order valence-electron chi connectivity index (χ1n) is 7.34. The Morgan fingerprint density at radius 2 is 2.05 bits per heavy atom. The van der Waals surface area contributed by atoms with Crippen LogP contribution in [-0.2, 0) is 0 Å². The summed E-state index contributed by atoms with van der Waals surface area (Å²) in [6.07, 6.45) is 2.98. The summed E-state index contributed by atoms with van der Waals surface area (Å²) in [5, 5.41) is 8.16. The third kappa shape index (κ3) is 2.13. The summed E-state index contributed by atoms with van der Waals surface area (Å²) in [6, 6.07) is 14.9. The van der Waals surface area contributed by atoms with Crippen LogP contribution in [0.15, 0.2) is 48.7 Å². The Morgan fingerprint density at radius 3 is 2.90 bits per heavy atom. The highest BCUT2D eigenvalue weighted by molar-refractivity contribution is 5.89. The fourth-order valence-corrected chi connectivity index (χ4v) is 3.25. The Hall–Kier alpha value is -2.49. The zero-order valence-electron chi connectivity index (χ0n) is 11.8. The van der Waals surface area contributed by atoms with E-state index in [0.29, 0.717) is 5.92 Å². The summed E-state index contributed by atoms with van der Waals surface area (Å²) < 4.78 is 0. The van der Waals surface area contributed by atoms with Gasteiger partial charge in [0.15, 0.2) is 0 Å². The molecule has 106 valence electrons. The lowest BCUT2D eigenvalue weighted by atomic mass is 9.99. The Balaban J connectivity index is 1.63. The highest BCUT2D eigenvalue weighted by Gasteiger charge is 2.25. The lowest BCUT2D eigenvalue weighted by Crippen LogP contribution is -2.20. The molecule has 1 aromatic heterocycles. The molecular formula is C17H18N4. The largest absolute Gasteiger partial charge is 0.397 e. The third-order valence-corrected chi connectivity index (χ3v) is 4.39. The highest BCUT2D eigenvalue weighted by atomic mass is 15.2. The predicted octanol–water partition coefficient (Wildman–Crippen LogP) is 3.14. The molecule has 2 aromatic carbocycles. The van der Waals surface area contributed by atoms with Crippen LogP contribution in [0, 0.1) is 0 Å². The quantitative estimate of drug-likeness (QED) is 0.708. The van der Waals surface area contributed by atoms with E-state index in [9.17, 15) is 0 Å². The van der Waals surface area contributed by atoms with Crippen LogP contribution in [0.4, 0.5) is 11.4 Å². The average Bonchev–Trinajstić information content (AvgIpc) is 3.15. The molecule has 1 saturated heterocycles. The fraction of sp³-hybridized carbons (Fsp3) is 0.235. The lowest BCUT2D eigenvalue weighted by Gasteiger charge is -2.21. The van der Waals surface area contributed by atoms with Gasteiger partial charge in [0.05, 0.1) is 23.1 Å². The molecule has 0 amide bonds. The molecule has 1 aliphatic heterocycles. The Bertz CT molecular complexity index is 763. The first kappa shape index (κ1) is 12.3. The summed E-state index contributed by atoms with van der Waals surface area (Å²) in [7, 11) is 0. The maximum atomic E-state index is 6.23. The molecule has 3 N–H and O–H groups in total. The third-order valence-electron chi connectivity index (χ3n) is 4.39. The molecule has 1 fully saturated rings. The van der Waals surface area contributed by atoms with E-state index >= 15 is 0 Å². The first-order chi connectivity index (χ1) is 10.3. The van der Waals surface area contributed by atoms with E-state index in [1.807, 2.05) is 12.3 Å². The Labute approximate surface area is 123 Å². The Morgan fingerprint density at radius 1 is 1.19 bits per heavy atom. The number of H-pyrrole nitrogens is 1. The summed E-state index contributed by atoms with van der Waals surface area (Å²) >= 11 is 0. The molecule has 0 radical (unpaired) electrons. The van der Waals surface area contributed by atoms with Crippen LogP contribution >= 0.6 is 0 Å². The molecule has 4 rings (SSSR count). The van der Waals surface area contributed by atoms with Crippen molar-refractivity contribution in [3.63, 3.8) is 0 Å². The molecule has 4 nitrogen and oxygen atoms in total. The van der Waals surface area contributed by atoms with Gasteiger partial charge in [0.25, 0.3) is 0 Å². The van der Waals surface area contributed by atoms with Crippen LogP contribution < -0.4 is 10.6 Å². The van der Waals surface area contributed by atoms with Crippen molar-refractivity contribution in [2.24, 2.45) is 0 Å². The zero-order chi connectivity index (χ0) is 14.2. The molecule has 1 aliphatic rings. The molecule has 1 unspecified atom stereocenters. The summed E-state index contributed by atoms with van der Waals surface area (Å²) in [6.45, 7) is 2.07. The molecule has 1 atom stereocenters. The number of nitrogens with two attached hydrogens (primary N) is 1. The van der Waals surface area contributed by atoms with Gasteiger partial charge in [0.1, 0.15) is 0 Å². The van der Waals surface area contributed by atoms with E-state index in [1.165, 1.54) is 12.0 Å². The van der Waals surface area contributed by atoms with Crippen molar-refractivity contribution in [2.45, 2.75) is 12.3 Å². The highest BCUT2D eigenvalue weighted by Crippen LogP contribution is 2.35. The number of rotatable bonds is 2. The second kappa shape index (κ2) is 4.81. The Kier molecular flexibility index (Phi) is 2.81. The van der Waals surface area contributed by atoms with Gasteiger partial charge >= 0.3 is 0 Å². The van der Waals surface area contributed by atoms with Crippen molar-refractivity contribution in [3.8, 4) is 0 Å². The molecule has 0 aliphatic carbocycles. The second-order valence-electron chi connectivity index (χ2n) is 5.71. The lowest BCUT2D eigenvalue weighted by molar-refractivity contribution is 0.775. The van der Waals surface area contributed by atoms with E-state index in [-0.39, 0.29) is 0 Å². The standard InChI is InChI=1S/C17H18N4/c18-15-8-14-10-19-20-16(14)9-17(15)21-7-6-13(11-21)12-4-2-1-3-5-12/h1-5,8-10,13H,6-7,11,18H2,(H,19,20). The van der Waals surface area contributed by atoms with E-state index in [1.54, 1.807) is 0 Å². The number of anilines is 2. The van der Waals surface area contributed by atoms with Gasteiger partial charge in [-0.3, -0.25) is 5.10 Å². The monoisotopic (exact) mass is 278 g/mol. The molecule has 2 heterocycles. The average molecular weight is 278 g/mol. The molecule has 0 saturated carbocycles. The minimum absolute atomic E-state index is 0.586. The van der Waals surface area contributed by atoms with Crippen molar-refractivity contribution in [2.75, 3.05) is 23.7 Å². The molecule has 3 aromatic rings. The summed E-state index contributed by atoms with van der Waals surface area (Å²) in [4.78, 5) is 2.38. The maximum Gasteiger partial charge on any atom is 0.0672 e. The first-order valence-corrected chi connectivity index (χ1v) is 7.34. The maximum absolute atomic E-state index is 6.23. The van der Waals surface area contributed by atoms with Gasteiger partial charge in [-0.05, 0) is 24.1 Å². The van der Waals surface area contributed by atoms with Gasteiger partial charge in [0.2, 0.25) is 0 Å². The number of fused-ring (bicyclic) bond motifs is 1. The second-order valence-corrected chi connectivity index (χ2v) is 5.71. The molecule has 0 spiro atoms. The van der Waals surface area contributed by atoms with Gasteiger partial charge < -0.3 is 10.6 Å². The van der Waals surface area contributed by atoms with Crippen molar-refractivity contribution in [1.29, 1.82) is 0 Å². The van der Waals surface area contributed by atoms with Gasteiger partial charge in [-0.1, -0.05) is 30.3 Å². The van der Waals surface area contributed by atoms with Crippen molar-refractivity contribution < 1.29 is 0 Å². The fourth-order valence-electron chi connectivity index (χ4n) is 3.25.